The maximum absolute atomic E-state index is 13.7. The van der Waals surface area contributed by atoms with E-state index in [0.717, 1.165) is 11.3 Å². The zero-order valence-electron chi connectivity index (χ0n) is 19.2. The van der Waals surface area contributed by atoms with Crippen LogP contribution in [0.15, 0.2) is 72.8 Å². The molecule has 2 aliphatic rings. The molecule has 0 radical (unpaired) electrons. The maximum Gasteiger partial charge on any atom is 0.269 e. The van der Waals surface area contributed by atoms with Crippen LogP contribution in [0.4, 0.5) is 17.1 Å². The quantitative estimate of drug-likeness (QED) is 0.249. The van der Waals surface area contributed by atoms with Gasteiger partial charge in [-0.25, -0.2) is 9.96 Å². The number of imide groups is 1. The van der Waals surface area contributed by atoms with Gasteiger partial charge in [0.25, 0.3) is 11.6 Å². The molecule has 0 aromatic heterocycles. The second kappa shape index (κ2) is 9.60. The first-order chi connectivity index (χ1) is 17.4. The lowest BCUT2D eigenvalue weighted by atomic mass is 9.90. The van der Waals surface area contributed by atoms with Crippen molar-refractivity contribution in [2.75, 3.05) is 16.6 Å². The molecule has 36 heavy (non-hydrogen) atoms. The number of non-ortho nitro benzene ring substituents is 1. The minimum absolute atomic E-state index is 0.179. The molecule has 3 aromatic carbocycles. The number of ether oxygens (including phenoxy) is 1. The molecule has 2 aliphatic heterocycles. The van der Waals surface area contributed by atoms with Gasteiger partial charge in [0.1, 0.15) is 11.7 Å². The maximum atomic E-state index is 13.7. The Balaban J connectivity index is 1.55. The van der Waals surface area contributed by atoms with E-state index in [2.05, 4.69) is 0 Å². The van der Waals surface area contributed by atoms with Crippen molar-refractivity contribution in [3.63, 3.8) is 0 Å². The summed E-state index contributed by atoms with van der Waals surface area (Å²) in [6.45, 7) is 2.55. The largest absolute Gasteiger partial charge is 0.494 e. The number of nitro groups is 1. The van der Waals surface area contributed by atoms with Crippen molar-refractivity contribution in [2.24, 2.45) is 5.92 Å². The Kier molecular flexibility index (Phi) is 6.34. The van der Waals surface area contributed by atoms with Crippen molar-refractivity contribution in [3.8, 4) is 5.75 Å². The van der Waals surface area contributed by atoms with Crippen LogP contribution < -0.4 is 14.7 Å². The fraction of sp³-hybridized carbons (Fsp3) is 0.231. The molecule has 10 heteroatoms. The van der Waals surface area contributed by atoms with Crippen molar-refractivity contribution in [2.45, 2.75) is 25.5 Å². The topological polar surface area (TPSA) is 102 Å². The zero-order valence-corrected chi connectivity index (χ0v) is 20.0. The van der Waals surface area contributed by atoms with Crippen molar-refractivity contribution in [1.82, 2.24) is 0 Å². The van der Waals surface area contributed by atoms with Crippen LogP contribution in [0, 0.1) is 16.0 Å². The third-order valence-electron chi connectivity index (χ3n) is 6.20. The van der Waals surface area contributed by atoms with Crippen LogP contribution in [0.2, 0.25) is 5.02 Å². The van der Waals surface area contributed by atoms with E-state index in [1.165, 1.54) is 23.3 Å². The minimum atomic E-state index is -1.12. The average molecular weight is 508 g/mol. The van der Waals surface area contributed by atoms with Gasteiger partial charge in [0.05, 0.1) is 28.9 Å². The summed E-state index contributed by atoms with van der Waals surface area (Å²) in [6.07, 6.45) is -0.264. The Morgan fingerprint density at radius 3 is 2.39 bits per heavy atom. The summed E-state index contributed by atoms with van der Waals surface area (Å²) in [6, 6.07) is 18.8. The molecule has 0 N–H and O–H groups in total. The second-order valence-electron chi connectivity index (χ2n) is 8.48. The molecule has 2 saturated heterocycles. The SMILES string of the molecule is CCCOc1ccc(N2C(=O)[C@H]3[C@@H](c4cc([N+](=O)[O-])ccc4Cl)N(c4ccccc4)O[C@H]3C2=O)cc1. The predicted molar refractivity (Wildman–Crippen MR) is 133 cm³/mol. The van der Waals surface area contributed by atoms with Crippen LogP contribution in [0.3, 0.4) is 0 Å². The van der Waals surface area contributed by atoms with Crippen molar-refractivity contribution in [1.29, 1.82) is 0 Å². The average Bonchev–Trinajstić information content (AvgIpc) is 3.39. The number of para-hydroxylation sites is 1. The second-order valence-corrected chi connectivity index (χ2v) is 8.88. The van der Waals surface area contributed by atoms with E-state index < -0.39 is 34.8 Å². The molecule has 0 bridgehead atoms. The number of carbonyl (C=O) groups excluding carboxylic acids is 2. The summed E-state index contributed by atoms with van der Waals surface area (Å²) in [5, 5.41) is 13.2. The highest BCUT2D eigenvalue weighted by molar-refractivity contribution is 6.31. The highest BCUT2D eigenvalue weighted by atomic mass is 35.5. The van der Waals surface area contributed by atoms with Gasteiger partial charge in [-0.15, -0.1) is 0 Å². The van der Waals surface area contributed by atoms with Gasteiger partial charge in [-0.2, -0.15) is 0 Å². The molecule has 0 spiro atoms. The summed E-state index contributed by atoms with van der Waals surface area (Å²) in [5.74, 6) is -1.32. The molecule has 2 amide bonds. The van der Waals surface area contributed by atoms with Gasteiger partial charge in [0.15, 0.2) is 6.10 Å². The molecule has 3 atom stereocenters. The number of carbonyl (C=O) groups is 2. The van der Waals surface area contributed by atoms with E-state index in [4.69, 9.17) is 21.2 Å². The molecule has 9 nitrogen and oxygen atoms in total. The van der Waals surface area contributed by atoms with Gasteiger partial charge in [-0.05, 0) is 48.9 Å². The molecule has 0 aliphatic carbocycles. The molecule has 3 aromatic rings. The monoisotopic (exact) mass is 507 g/mol. The van der Waals surface area contributed by atoms with Gasteiger partial charge in [0, 0.05) is 22.7 Å². The fourth-order valence-corrected chi connectivity index (χ4v) is 4.80. The summed E-state index contributed by atoms with van der Waals surface area (Å²) in [5.41, 5.74) is 1.13. The number of nitro benzene ring substituents is 1. The number of hydrogen-bond donors (Lipinski definition) is 0. The van der Waals surface area contributed by atoms with Crippen LogP contribution >= 0.6 is 11.6 Å². The van der Waals surface area contributed by atoms with Crippen LogP contribution in [-0.4, -0.2) is 29.4 Å². The lowest BCUT2D eigenvalue weighted by molar-refractivity contribution is -0.384. The summed E-state index contributed by atoms with van der Waals surface area (Å²) in [7, 11) is 0. The number of nitrogens with zero attached hydrogens (tertiary/aromatic N) is 3. The first-order valence-corrected chi connectivity index (χ1v) is 11.8. The molecule has 184 valence electrons. The Bertz CT molecular complexity index is 1320. The van der Waals surface area contributed by atoms with E-state index in [1.807, 2.05) is 13.0 Å². The van der Waals surface area contributed by atoms with E-state index in [9.17, 15) is 19.7 Å². The van der Waals surface area contributed by atoms with Crippen molar-refractivity contribution < 1.29 is 24.1 Å². The van der Waals surface area contributed by atoms with Gasteiger partial charge in [0.2, 0.25) is 5.91 Å². The molecule has 5 rings (SSSR count). The lowest BCUT2D eigenvalue weighted by Crippen LogP contribution is -2.37. The lowest BCUT2D eigenvalue weighted by Gasteiger charge is -2.29. The van der Waals surface area contributed by atoms with Gasteiger partial charge in [-0.3, -0.25) is 24.5 Å². The van der Waals surface area contributed by atoms with Gasteiger partial charge < -0.3 is 4.74 Å². The summed E-state index contributed by atoms with van der Waals surface area (Å²) < 4.78 is 5.59. The summed E-state index contributed by atoms with van der Waals surface area (Å²) in [4.78, 5) is 45.3. The highest BCUT2D eigenvalue weighted by Crippen LogP contribution is 2.49. The smallest absolute Gasteiger partial charge is 0.269 e. The Morgan fingerprint density at radius 1 is 1.00 bits per heavy atom. The normalized spacial score (nSPS) is 21.1. The number of fused-ring (bicyclic) bond motifs is 1. The van der Waals surface area contributed by atoms with E-state index >= 15 is 0 Å². The first kappa shape index (κ1) is 23.8. The minimum Gasteiger partial charge on any atom is -0.494 e. The highest BCUT2D eigenvalue weighted by Gasteiger charge is 2.60. The van der Waals surface area contributed by atoms with Crippen LogP contribution in [0.1, 0.15) is 24.9 Å². The molecular formula is C26H22ClN3O6. The molecular weight excluding hydrogens is 486 g/mol. The Morgan fingerprint density at radius 2 is 1.72 bits per heavy atom. The standard InChI is InChI=1S/C26H22ClN3O6/c1-2-14-35-19-11-8-16(9-12-19)28-25(31)22-23(20-15-18(30(33)34)10-13-21(20)27)29(36-24(22)26(28)32)17-6-4-3-5-7-17/h3-13,15,22-24H,2,14H2,1H3/t22-,23+,24+/m0/s1. The number of anilines is 2. The molecule has 0 saturated carbocycles. The Labute approximate surface area is 211 Å². The van der Waals surface area contributed by atoms with Gasteiger partial charge >= 0.3 is 0 Å². The van der Waals surface area contributed by atoms with Gasteiger partial charge in [-0.1, -0.05) is 36.7 Å². The molecule has 2 fully saturated rings. The number of hydroxylamine groups is 1. The van der Waals surface area contributed by atoms with E-state index in [1.54, 1.807) is 48.5 Å². The van der Waals surface area contributed by atoms with E-state index in [0.29, 0.717) is 29.3 Å². The number of halogens is 1. The van der Waals surface area contributed by atoms with Crippen LogP contribution in [0.5, 0.6) is 5.75 Å². The number of hydrogen-bond acceptors (Lipinski definition) is 7. The van der Waals surface area contributed by atoms with Crippen molar-refractivity contribution >= 4 is 40.5 Å². The third-order valence-corrected chi connectivity index (χ3v) is 6.55. The zero-order chi connectivity index (χ0) is 25.4. The number of rotatable bonds is 7. The van der Waals surface area contributed by atoms with Crippen molar-refractivity contribution in [3.05, 3.63) is 93.5 Å². The third kappa shape index (κ3) is 4.06. The van der Waals surface area contributed by atoms with Crippen LogP contribution in [-0.2, 0) is 14.4 Å². The summed E-state index contributed by atoms with van der Waals surface area (Å²) >= 11 is 6.49. The van der Waals surface area contributed by atoms with Crippen LogP contribution in [0.25, 0.3) is 0 Å². The number of benzene rings is 3. The predicted octanol–water partition coefficient (Wildman–Crippen LogP) is 5.09. The van der Waals surface area contributed by atoms with E-state index in [-0.39, 0.29) is 10.7 Å². The first-order valence-electron chi connectivity index (χ1n) is 11.5. The fourth-order valence-electron chi connectivity index (χ4n) is 4.57. The molecule has 2 heterocycles. The Hall–Kier alpha value is -3.95. The molecule has 0 unspecified atom stereocenters. The number of amides is 2.